The second-order valence-corrected chi connectivity index (χ2v) is 9.46. The molecule has 184 valence electrons. The van der Waals surface area contributed by atoms with Crippen molar-refractivity contribution in [3.63, 3.8) is 0 Å². The average Bonchev–Trinajstić information content (AvgIpc) is 3.25. The molecule has 0 aromatic heterocycles. The third-order valence-corrected chi connectivity index (χ3v) is 7.19. The molecule has 7 nitrogen and oxygen atoms in total. The van der Waals surface area contributed by atoms with Crippen LogP contribution in [0.15, 0.2) is 42.5 Å². The second kappa shape index (κ2) is 11.0. The molecule has 0 saturated carbocycles. The van der Waals surface area contributed by atoms with Crippen LogP contribution in [0.1, 0.15) is 37.7 Å². The van der Waals surface area contributed by atoms with Gasteiger partial charge in [-0.25, -0.2) is 0 Å². The predicted molar refractivity (Wildman–Crippen MR) is 131 cm³/mol. The molecule has 1 amide bonds. The third-order valence-electron chi connectivity index (χ3n) is 7.19. The molecule has 2 aromatic carbocycles. The Labute approximate surface area is 202 Å². The largest absolute Gasteiger partial charge is 0.502 e. The number of para-hydroxylation sites is 1. The van der Waals surface area contributed by atoms with E-state index in [2.05, 4.69) is 4.90 Å². The smallest absolute Gasteiger partial charge is 0.222 e. The van der Waals surface area contributed by atoms with Gasteiger partial charge in [-0.05, 0) is 67.5 Å². The van der Waals surface area contributed by atoms with Crippen LogP contribution >= 0.6 is 0 Å². The van der Waals surface area contributed by atoms with E-state index in [9.17, 15) is 9.90 Å². The number of rotatable bonds is 9. The van der Waals surface area contributed by atoms with Gasteiger partial charge in [0.2, 0.25) is 11.7 Å². The van der Waals surface area contributed by atoms with Crippen LogP contribution in [-0.2, 0) is 11.3 Å². The van der Waals surface area contributed by atoms with E-state index in [4.69, 9.17) is 14.2 Å². The molecular formula is C27H36N2O5. The van der Waals surface area contributed by atoms with Crippen molar-refractivity contribution < 1.29 is 24.1 Å². The zero-order chi connectivity index (χ0) is 24.0. The van der Waals surface area contributed by atoms with Gasteiger partial charge in [-0.1, -0.05) is 18.2 Å². The summed E-state index contributed by atoms with van der Waals surface area (Å²) in [7, 11) is 3.10. The fraction of sp³-hybridized carbons (Fsp3) is 0.519. The number of hydrogen-bond donors (Lipinski definition) is 1. The maximum absolute atomic E-state index is 12.7. The Morgan fingerprint density at radius 1 is 1.00 bits per heavy atom. The number of carbonyl (C=O) groups excluding carboxylic acids is 1. The number of nitrogens with zero attached hydrogens (tertiary/aromatic N) is 2. The minimum Gasteiger partial charge on any atom is -0.502 e. The highest BCUT2D eigenvalue weighted by molar-refractivity contribution is 5.76. The Morgan fingerprint density at radius 3 is 2.29 bits per heavy atom. The lowest BCUT2D eigenvalue weighted by molar-refractivity contribution is -0.133. The Hall–Kier alpha value is -2.93. The van der Waals surface area contributed by atoms with Gasteiger partial charge in [0.1, 0.15) is 5.75 Å². The van der Waals surface area contributed by atoms with Gasteiger partial charge < -0.3 is 24.2 Å². The van der Waals surface area contributed by atoms with E-state index in [0.717, 1.165) is 69.7 Å². The van der Waals surface area contributed by atoms with Crippen molar-refractivity contribution in [1.29, 1.82) is 0 Å². The van der Waals surface area contributed by atoms with Gasteiger partial charge in [-0.2, -0.15) is 0 Å². The molecule has 2 heterocycles. The first-order chi connectivity index (χ1) is 16.5. The highest BCUT2D eigenvalue weighted by atomic mass is 16.5. The van der Waals surface area contributed by atoms with Gasteiger partial charge in [0, 0.05) is 32.6 Å². The number of amides is 1. The molecule has 0 radical (unpaired) electrons. The van der Waals surface area contributed by atoms with Gasteiger partial charge in [-0.3, -0.25) is 9.69 Å². The normalized spacial score (nSPS) is 17.6. The van der Waals surface area contributed by atoms with Crippen molar-refractivity contribution in [3.05, 3.63) is 48.0 Å². The van der Waals surface area contributed by atoms with Crippen molar-refractivity contribution >= 4 is 5.91 Å². The number of phenols is 1. The average molecular weight is 469 g/mol. The first kappa shape index (κ1) is 24.2. The SMILES string of the molecule is COc1cc(CN2CCC3(CCN(C(=O)CCCOc4ccccc4)CC3)C2)cc(OC)c1O. The Morgan fingerprint density at radius 2 is 1.65 bits per heavy atom. The van der Waals surface area contributed by atoms with Crippen LogP contribution in [0, 0.1) is 5.41 Å². The summed E-state index contributed by atoms with van der Waals surface area (Å²) in [4.78, 5) is 17.2. The van der Waals surface area contributed by atoms with Crippen LogP contribution in [0.25, 0.3) is 0 Å². The van der Waals surface area contributed by atoms with Crippen molar-refractivity contribution in [2.75, 3.05) is 47.0 Å². The van der Waals surface area contributed by atoms with Gasteiger partial charge in [-0.15, -0.1) is 0 Å². The van der Waals surface area contributed by atoms with Crippen LogP contribution < -0.4 is 14.2 Å². The lowest BCUT2D eigenvalue weighted by atomic mass is 9.77. The number of aromatic hydroxyl groups is 1. The molecule has 2 saturated heterocycles. The number of phenolic OH excluding ortho intramolecular Hbond substituents is 1. The number of benzene rings is 2. The topological polar surface area (TPSA) is 71.5 Å². The maximum Gasteiger partial charge on any atom is 0.222 e. The summed E-state index contributed by atoms with van der Waals surface area (Å²) in [5, 5.41) is 10.2. The fourth-order valence-electron chi connectivity index (χ4n) is 5.19. The molecule has 2 fully saturated rings. The summed E-state index contributed by atoms with van der Waals surface area (Å²) in [6.45, 7) is 5.11. The van der Waals surface area contributed by atoms with E-state index >= 15 is 0 Å². The minimum absolute atomic E-state index is 0.0373. The fourth-order valence-corrected chi connectivity index (χ4v) is 5.19. The zero-order valence-electron chi connectivity index (χ0n) is 20.3. The molecule has 2 aliphatic heterocycles. The van der Waals surface area contributed by atoms with Crippen LogP contribution in [0.4, 0.5) is 0 Å². The van der Waals surface area contributed by atoms with E-state index in [-0.39, 0.29) is 17.1 Å². The summed E-state index contributed by atoms with van der Waals surface area (Å²) in [5.41, 5.74) is 1.35. The van der Waals surface area contributed by atoms with E-state index in [0.29, 0.717) is 24.5 Å². The Balaban J connectivity index is 1.22. The van der Waals surface area contributed by atoms with E-state index in [1.165, 1.54) is 0 Å². The molecular weight excluding hydrogens is 432 g/mol. The minimum atomic E-state index is 0.0373. The Kier molecular flexibility index (Phi) is 7.83. The van der Waals surface area contributed by atoms with Crippen LogP contribution in [0.3, 0.4) is 0 Å². The second-order valence-electron chi connectivity index (χ2n) is 9.46. The Bertz CT molecular complexity index is 932. The van der Waals surface area contributed by atoms with Gasteiger partial charge >= 0.3 is 0 Å². The molecule has 0 aliphatic carbocycles. The summed E-state index contributed by atoms with van der Waals surface area (Å²) >= 11 is 0. The lowest BCUT2D eigenvalue weighted by Gasteiger charge is -2.39. The van der Waals surface area contributed by atoms with Crippen molar-refractivity contribution in [2.24, 2.45) is 5.41 Å². The first-order valence-electron chi connectivity index (χ1n) is 12.1. The zero-order valence-corrected chi connectivity index (χ0v) is 20.3. The van der Waals surface area contributed by atoms with E-state index in [1.54, 1.807) is 14.2 Å². The van der Waals surface area contributed by atoms with E-state index < -0.39 is 0 Å². The van der Waals surface area contributed by atoms with Crippen LogP contribution in [0.2, 0.25) is 0 Å². The summed E-state index contributed by atoms with van der Waals surface area (Å²) < 4.78 is 16.3. The molecule has 4 rings (SSSR count). The molecule has 0 atom stereocenters. The standard InChI is InChI=1S/C27H36N2O5/c1-32-23-17-21(18-24(33-2)26(23)31)19-28-13-10-27(20-28)11-14-29(15-12-27)25(30)9-6-16-34-22-7-4-3-5-8-22/h3-5,7-8,17-18,31H,6,9-16,19-20H2,1-2H3. The molecule has 7 heteroatoms. The summed E-state index contributed by atoms with van der Waals surface area (Å²) in [6, 6.07) is 13.5. The number of hydrogen-bond acceptors (Lipinski definition) is 6. The highest BCUT2D eigenvalue weighted by Crippen LogP contribution is 2.42. The number of likely N-dealkylation sites (tertiary alicyclic amines) is 2. The number of methoxy groups -OCH3 is 2. The van der Waals surface area contributed by atoms with Crippen LogP contribution in [-0.4, -0.2) is 67.8 Å². The molecule has 2 aromatic rings. The molecule has 0 unspecified atom stereocenters. The van der Waals surface area contributed by atoms with Gasteiger partial charge in [0.05, 0.1) is 20.8 Å². The van der Waals surface area contributed by atoms with Crippen LogP contribution in [0.5, 0.6) is 23.0 Å². The number of ether oxygens (including phenoxy) is 3. The molecule has 2 aliphatic rings. The molecule has 34 heavy (non-hydrogen) atoms. The molecule has 1 spiro atoms. The summed E-state index contributed by atoms with van der Waals surface area (Å²) in [5.74, 6) is 2.00. The lowest BCUT2D eigenvalue weighted by Crippen LogP contribution is -2.44. The molecule has 1 N–H and O–H groups in total. The highest BCUT2D eigenvalue weighted by Gasteiger charge is 2.41. The molecule has 0 bridgehead atoms. The quantitative estimate of drug-likeness (QED) is 0.559. The van der Waals surface area contributed by atoms with Crippen molar-refractivity contribution in [3.8, 4) is 23.0 Å². The number of piperidine rings is 1. The van der Waals surface area contributed by atoms with Gasteiger partial charge in [0.15, 0.2) is 11.5 Å². The predicted octanol–water partition coefficient (Wildman–Crippen LogP) is 4.08. The van der Waals surface area contributed by atoms with Crippen molar-refractivity contribution in [1.82, 2.24) is 9.80 Å². The van der Waals surface area contributed by atoms with E-state index in [1.807, 2.05) is 47.4 Å². The summed E-state index contributed by atoms with van der Waals surface area (Å²) in [6.07, 6.45) is 4.54. The number of carbonyl (C=O) groups is 1. The maximum atomic E-state index is 12.7. The third kappa shape index (κ3) is 5.76. The van der Waals surface area contributed by atoms with Crippen molar-refractivity contribution in [2.45, 2.75) is 38.6 Å². The monoisotopic (exact) mass is 468 g/mol. The first-order valence-corrected chi connectivity index (χ1v) is 12.1. The van der Waals surface area contributed by atoms with Gasteiger partial charge in [0.25, 0.3) is 0 Å².